The summed E-state index contributed by atoms with van der Waals surface area (Å²) in [5, 5.41) is 13.8. The van der Waals surface area contributed by atoms with Crippen LogP contribution in [0.2, 0.25) is 0 Å². The fourth-order valence-corrected chi connectivity index (χ4v) is 4.24. The maximum Gasteiger partial charge on any atom is 0.290 e. The molecule has 3 rings (SSSR count). The first-order chi connectivity index (χ1) is 14.5. The molecule has 1 unspecified atom stereocenters. The van der Waals surface area contributed by atoms with E-state index in [1.165, 1.54) is 69.4 Å². The van der Waals surface area contributed by atoms with E-state index in [-0.39, 0.29) is 12.9 Å². The lowest BCUT2D eigenvalue weighted by molar-refractivity contribution is -0.123. The minimum atomic E-state index is -0.250. The zero-order chi connectivity index (χ0) is 22.4. The molecule has 1 heterocycles. The molecule has 0 bridgehead atoms. The van der Waals surface area contributed by atoms with Gasteiger partial charge in [0.05, 0.1) is 0 Å². The van der Waals surface area contributed by atoms with Crippen LogP contribution in [0.15, 0.2) is 24.3 Å². The Balaban J connectivity index is 0.000000672. The molecule has 1 aromatic carbocycles. The molecule has 2 aliphatic rings. The average Bonchev–Trinajstić information content (AvgIpc) is 3.16. The van der Waals surface area contributed by atoms with E-state index in [4.69, 9.17) is 19.8 Å². The van der Waals surface area contributed by atoms with Gasteiger partial charge in [0.1, 0.15) is 0 Å². The van der Waals surface area contributed by atoms with Gasteiger partial charge >= 0.3 is 0 Å². The number of nitrogens with zero attached hydrogens (tertiary/aromatic N) is 3. The van der Waals surface area contributed by atoms with E-state index in [1.54, 1.807) is 0 Å². The first kappa shape index (κ1) is 26.1. The lowest BCUT2D eigenvalue weighted by Gasteiger charge is -2.27. The van der Waals surface area contributed by atoms with Crippen LogP contribution >= 0.6 is 0 Å². The Morgan fingerprint density at radius 1 is 0.967 bits per heavy atom. The largest absolute Gasteiger partial charge is 0.483 e. The number of carbonyl (C=O) groups is 2. The van der Waals surface area contributed by atoms with Crippen molar-refractivity contribution in [3.8, 4) is 0 Å². The highest BCUT2D eigenvalue weighted by molar-refractivity contribution is 5.33. The number of hydrogen-bond donors (Lipinski definition) is 2. The third-order valence-corrected chi connectivity index (χ3v) is 6.11. The Morgan fingerprint density at radius 2 is 1.53 bits per heavy atom. The molecular formula is C23H39N3O4. The first-order valence-corrected chi connectivity index (χ1v) is 10.8. The molecule has 1 saturated heterocycles. The Bertz CT molecular complexity index is 583. The summed E-state index contributed by atoms with van der Waals surface area (Å²) < 4.78 is 0. The molecule has 1 aromatic rings. The minimum Gasteiger partial charge on any atom is -0.483 e. The number of benzene rings is 1. The summed E-state index contributed by atoms with van der Waals surface area (Å²) in [6.45, 7) is 7.92. The predicted octanol–water partition coefficient (Wildman–Crippen LogP) is 3.16. The van der Waals surface area contributed by atoms with Crippen LogP contribution < -0.4 is 0 Å². The van der Waals surface area contributed by atoms with Crippen molar-refractivity contribution in [3.63, 3.8) is 0 Å². The molecule has 2 N–H and O–H groups in total. The summed E-state index contributed by atoms with van der Waals surface area (Å²) in [4.78, 5) is 24.4. The summed E-state index contributed by atoms with van der Waals surface area (Å²) in [6.07, 6.45) is 7.09. The van der Waals surface area contributed by atoms with E-state index in [1.807, 2.05) is 0 Å². The van der Waals surface area contributed by atoms with Gasteiger partial charge in [-0.2, -0.15) is 0 Å². The van der Waals surface area contributed by atoms with Gasteiger partial charge in [0.2, 0.25) is 0 Å². The molecule has 0 radical (unpaired) electrons. The second-order valence-corrected chi connectivity index (χ2v) is 8.20. The monoisotopic (exact) mass is 421 g/mol. The Labute approximate surface area is 181 Å². The van der Waals surface area contributed by atoms with Crippen LogP contribution in [0.5, 0.6) is 0 Å². The van der Waals surface area contributed by atoms with Crippen molar-refractivity contribution in [1.82, 2.24) is 14.7 Å². The van der Waals surface area contributed by atoms with Crippen LogP contribution in [-0.2, 0) is 16.1 Å². The van der Waals surface area contributed by atoms with Crippen molar-refractivity contribution >= 4 is 12.9 Å². The fraction of sp³-hybridized carbons (Fsp3) is 0.652. The Hall–Kier alpha value is -1.96. The highest BCUT2D eigenvalue weighted by atomic mass is 16.3. The van der Waals surface area contributed by atoms with E-state index in [0.717, 1.165) is 12.6 Å². The van der Waals surface area contributed by atoms with E-state index >= 15 is 0 Å². The van der Waals surface area contributed by atoms with Gasteiger partial charge in [-0.05, 0) is 64.5 Å². The molecule has 2 fully saturated rings. The molecule has 1 aliphatic heterocycles. The van der Waals surface area contributed by atoms with Gasteiger partial charge in [0, 0.05) is 31.7 Å². The van der Waals surface area contributed by atoms with E-state index in [9.17, 15) is 0 Å². The first-order valence-electron chi connectivity index (χ1n) is 10.8. The molecule has 0 amide bonds. The lowest BCUT2D eigenvalue weighted by Crippen LogP contribution is -2.36. The second kappa shape index (κ2) is 14.9. The smallest absolute Gasteiger partial charge is 0.290 e. The maximum absolute atomic E-state index is 8.36. The summed E-state index contributed by atoms with van der Waals surface area (Å²) >= 11 is 0. The third kappa shape index (κ3) is 9.24. The maximum atomic E-state index is 8.36. The highest BCUT2D eigenvalue weighted by Crippen LogP contribution is 2.25. The number of rotatable bonds is 5. The van der Waals surface area contributed by atoms with Crippen molar-refractivity contribution in [2.45, 2.75) is 57.7 Å². The second-order valence-electron chi connectivity index (χ2n) is 8.20. The zero-order valence-electron chi connectivity index (χ0n) is 18.7. The topological polar surface area (TPSA) is 84.3 Å². The number of hydrogen-bond acceptors (Lipinski definition) is 5. The minimum absolute atomic E-state index is 0.250. The Kier molecular flexibility index (Phi) is 13.0. The van der Waals surface area contributed by atoms with E-state index < -0.39 is 0 Å². The molecule has 1 saturated carbocycles. The molecule has 7 nitrogen and oxygen atoms in total. The van der Waals surface area contributed by atoms with Gasteiger partial charge in [-0.15, -0.1) is 0 Å². The van der Waals surface area contributed by atoms with Crippen LogP contribution in [0, 0.1) is 0 Å². The lowest BCUT2D eigenvalue weighted by atomic mass is 10.1. The summed E-state index contributed by atoms with van der Waals surface area (Å²) in [6, 6.07) is 10.6. The molecular weight excluding hydrogens is 382 g/mol. The van der Waals surface area contributed by atoms with Crippen molar-refractivity contribution < 1.29 is 19.8 Å². The van der Waals surface area contributed by atoms with Crippen molar-refractivity contribution in [2.24, 2.45) is 0 Å². The van der Waals surface area contributed by atoms with Gasteiger partial charge < -0.3 is 15.1 Å². The van der Waals surface area contributed by atoms with Crippen molar-refractivity contribution in [3.05, 3.63) is 35.4 Å². The van der Waals surface area contributed by atoms with E-state index in [0.29, 0.717) is 6.04 Å². The van der Waals surface area contributed by atoms with Crippen LogP contribution in [0.1, 0.15) is 56.2 Å². The molecule has 0 aromatic heterocycles. The molecule has 1 aliphatic carbocycles. The quantitative estimate of drug-likeness (QED) is 0.707. The third-order valence-electron chi connectivity index (χ3n) is 6.11. The molecule has 30 heavy (non-hydrogen) atoms. The van der Waals surface area contributed by atoms with Crippen LogP contribution in [0.25, 0.3) is 0 Å². The van der Waals surface area contributed by atoms with Crippen molar-refractivity contribution in [2.75, 3.05) is 40.3 Å². The summed E-state index contributed by atoms with van der Waals surface area (Å²) in [5.74, 6) is 0. The molecule has 0 spiro atoms. The molecule has 170 valence electrons. The Morgan fingerprint density at radius 3 is 2.07 bits per heavy atom. The normalized spacial score (nSPS) is 19.1. The summed E-state index contributed by atoms with van der Waals surface area (Å²) in [5.41, 5.74) is 2.87. The zero-order valence-corrected chi connectivity index (χ0v) is 18.7. The molecule has 7 heteroatoms. The van der Waals surface area contributed by atoms with Crippen LogP contribution in [0.4, 0.5) is 0 Å². The predicted molar refractivity (Wildman–Crippen MR) is 120 cm³/mol. The van der Waals surface area contributed by atoms with Crippen LogP contribution in [0.3, 0.4) is 0 Å². The van der Waals surface area contributed by atoms with Gasteiger partial charge in [-0.1, -0.05) is 37.1 Å². The standard InChI is InChI=1S/C21H35N3.2CH2O2/c1-18(22(2)3)20-11-9-19(10-12-20)17-23-13-6-14-24(16-15-23)21-7-4-5-8-21;2*2-1-3/h9-12,18,21H,4-8,13-17H2,1-3H3;2*1H,(H,2,3). The average molecular weight is 422 g/mol. The fourth-order valence-electron chi connectivity index (χ4n) is 4.24. The van der Waals surface area contributed by atoms with Crippen LogP contribution in [-0.4, -0.2) is 84.2 Å². The van der Waals surface area contributed by atoms with Gasteiger partial charge in [0.15, 0.2) is 0 Å². The van der Waals surface area contributed by atoms with E-state index in [2.05, 4.69) is 60.0 Å². The highest BCUT2D eigenvalue weighted by Gasteiger charge is 2.24. The van der Waals surface area contributed by atoms with Gasteiger partial charge in [-0.25, -0.2) is 0 Å². The SMILES string of the molecule is CC(c1ccc(CN2CCCN(C3CCCC3)CC2)cc1)N(C)C.O=CO.O=CO. The van der Waals surface area contributed by atoms with Gasteiger partial charge in [-0.3, -0.25) is 19.4 Å². The van der Waals surface area contributed by atoms with Crippen molar-refractivity contribution in [1.29, 1.82) is 0 Å². The number of carboxylic acid groups (broad SMARTS) is 2. The molecule has 1 atom stereocenters. The summed E-state index contributed by atoms with van der Waals surface area (Å²) in [7, 11) is 4.29. The van der Waals surface area contributed by atoms with Gasteiger partial charge in [0.25, 0.3) is 12.9 Å².